The lowest BCUT2D eigenvalue weighted by Crippen LogP contribution is -2.59. The molecule has 2 rings (SSSR count). The molecule has 2 aromatic carbocycles. The van der Waals surface area contributed by atoms with E-state index in [1.807, 2.05) is 30.3 Å². The monoisotopic (exact) mass is 386 g/mol. The fraction of sp³-hybridized carbons (Fsp3) is 0.333. The highest BCUT2D eigenvalue weighted by molar-refractivity contribution is 5.82. The molecule has 0 heterocycles. The van der Waals surface area contributed by atoms with Gasteiger partial charge in [-0.15, -0.1) is 0 Å². The van der Waals surface area contributed by atoms with Crippen molar-refractivity contribution in [1.29, 1.82) is 0 Å². The van der Waals surface area contributed by atoms with Gasteiger partial charge in [0, 0.05) is 6.42 Å². The molecule has 3 N–H and O–H groups in total. The first-order valence-electron chi connectivity index (χ1n) is 9.01. The summed E-state index contributed by atoms with van der Waals surface area (Å²) >= 11 is 0. The zero-order chi connectivity index (χ0) is 20.6. The van der Waals surface area contributed by atoms with Crippen molar-refractivity contribution in [3.8, 4) is 11.5 Å². The predicted octanol–water partition coefficient (Wildman–Crippen LogP) is 2.13. The first-order valence-corrected chi connectivity index (χ1v) is 9.01. The maximum absolute atomic E-state index is 12.5. The molecule has 0 aliphatic carbocycles. The van der Waals surface area contributed by atoms with Crippen molar-refractivity contribution >= 4 is 11.9 Å². The predicted molar refractivity (Wildman–Crippen MR) is 105 cm³/mol. The lowest BCUT2D eigenvalue weighted by Gasteiger charge is -2.29. The van der Waals surface area contributed by atoms with Crippen molar-refractivity contribution in [2.24, 2.45) is 0 Å². The second-order valence-corrected chi connectivity index (χ2v) is 6.57. The normalized spacial score (nSPS) is 12.7. The van der Waals surface area contributed by atoms with Crippen LogP contribution < -0.4 is 15.6 Å². The molecule has 0 spiro atoms. The van der Waals surface area contributed by atoms with E-state index in [-0.39, 0.29) is 31.1 Å². The lowest BCUT2D eigenvalue weighted by atomic mass is 9.93. The number of hydrazine groups is 1. The van der Waals surface area contributed by atoms with E-state index in [0.717, 1.165) is 11.1 Å². The SMILES string of the molecule is CCOC(=O)C(C)(Cc1ccc(O)c(OC)c1)NNC(=O)Cc1ccccc1. The zero-order valence-corrected chi connectivity index (χ0v) is 16.3. The molecule has 7 nitrogen and oxygen atoms in total. The van der Waals surface area contributed by atoms with E-state index in [9.17, 15) is 14.7 Å². The van der Waals surface area contributed by atoms with Crippen LogP contribution in [0.4, 0.5) is 0 Å². The molecule has 0 saturated heterocycles. The topological polar surface area (TPSA) is 96.9 Å². The number of hydrogen-bond acceptors (Lipinski definition) is 6. The van der Waals surface area contributed by atoms with Gasteiger partial charge in [0.05, 0.1) is 20.1 Å². The van der Waals surface area contributed by atoms with Crippen LogP contribution in [0.3, 0.4) is 0 Å². The molecule has 0 aliphatic heterocycles. The third-order valence-electron chi connectivity index (χ3n) is 4.21. The van der Waals surface area contributed by atoms with Gasteiger partial charge in [-0.05, 0) is 37.1 Å². The van der Waals surface area contributed by atoms with Crippen LogP contribution in [0.1, 0.15) is 25.0 Å². The van der Waals surface area contributed by atoms with Gasteiger partial charge >= 0.3 is 5.97 Å². The summed E-state index contributed by atoms with van der Waals surface area (Å²) in [6, 6.07) is 14.1. The number of rotatable bonds is 9. The molecular weight excluding hydrogens is 360 g/mol. The van der Waals surface area contributed by atoms with Gasteiger partial charge in [-0.1, -0.05) is 36.4 Å². The van der Waals surface area contributed by atoms with Gasteiger partial charge in [-0.3, -0.25) is 10.2 Å². The number of hydrogen-bond donors (Lipinski definition) is 3. The zero-order valence-electron chi connectivity index (χ0n) is 16.3. The Labute approximate surface area is 164 Å². The highest BCUT2D eigenvalue weighted by Crippen LogP contribution is 2.28. The third-order valence-corrected chi connectivity index (χ3v) is 4.21. The van der Waals surface area contributed by atoms with Gasteiger partial charge < -0.3 is 14.6 Å². The van der Waals surface area contributed by atoms with Crippen LogP contribution in [0.5, 0.6) is 11.5 Å². The van der Waals surface area contributed by atoms with Crippen LogP contribution in [0, 0.1) is 0 Å². The molecule has 0 aromatic heterocycles. The van der Waals surface area contributed by atoms with Crippen molar-refractivity contribution in [1.82, 2.24) is 10.9 Å². The Kier molecular flexibility index (Phi) is 7.40. The summed E-state index contributed by atoms with van der Waals surface area (Å²) in [6.07, 6.45) is 0.397. The molecule has 1 amide bonds. The molecule has 7 heteroatoms. The van der Waals surface area contributed by atoms with Gasteiger partial charge in [0.15, 0.2) is 11.5 Å². The van der Waals surface area contributed by atoms with Crippen molar-refractivity contribution in [3.05, 3.63) is 59.7 Å². The minimum atomic E-state index is -1.20. The smallest absolute Gasteiger partial charge is 0.328 e. The fourth-order valence-electron chi connectivity index (χ4n) is 2.73. The summed E-state index contributed by atoms with van der Waals surface area (Å²) in [7, 11) is 1.45. The average Bonchev–Trinajstić information content (AvgIpc) is 2.69. The quantitative estimate of drug-likeness (QED) is 0.451. The van der Waals surface area contributed by atoms with Crippen LogP contribution in [0.2, 0.25) is 0 Å². The summed E-state index contributed by atoms with van der Waals surface area (Å²) < 4.78 is 10.3. The van der Waals surface area contributed by atoms with E-state index < -0.39 is 11.5 Å². The molecule has 1 unspecified atom stereocenters. The molecule has 0 radical (unpaired) electrons. The van der Waals surface area contributed by atoms with E-state index in [1.54, 1.807) is 26.0 Å². The molecular formula is C21H26N2O5. The Morgan fingerprint density at radius 1 is 1.11 bits per heavy atom. The number of phenolic OH excluding ortho intramolecular Hbond substituents is 1. The van der Waals surface area contributed by atoms with Crippen molar-refractivity contribution in [2.75, 3.05) is 13.7 Å². The molecule has 1 atom stereocenters. The Bertz CT molecular complexity index is 810. The van der Waals surface area contributed by atoms with Crippen molar-refractivity contribution < 1.29 is 24.2 Å². The third kappa shape index (κ3) is 5.72. The molecule has 28 heavy (non-hydrogen) atoms. The lowest BCUT2D eigenvalue weighted by molar-refractivity contribution is -0.151. The maximum atomic E-state index is 12.5. The second-order valence-electron chi connectivity index (χ2n) is 6.57. The standard InChI is InChI=1S/C21H26N2O5/c1-4-28-20(26)21(2,14-16-10-11-17(24)18(12-16)27-3)23-22-19(25)13-15-8-6-5-7-9-15/h5-12,23-24H,4,13-14H2,1-3H3,(H,22,25). The van der Waals surface area contributed by atoms with Gasteiger partial charge in [-0.25, -0.2) is 10.2 Å². The molecule has 0 aliphatic rings. The minimum Gasteiger partial charge on any atom is -0.504 e. The summed E-state index contributed by atoms with van der Waals surface area (Å²) in [5.74, 6) is -0.461. The molecule has 150 valence electrons. The number of esters is 1. The summed E-state index contributed by atoms with van der Waals surface area (Å²) in [6.45, 7) is 3.58. The minimum absolute atomic E-state index is 0.00760. The number of phenols is 1. The summed E-state index contributed by atoms with van der Waals surface area (Å²) in [4.78, 5) is 24.8. The Morgan fingerprint density at radius 3 is 2.46 bits per heavy atom. The van der Waals surface area contributed by atoms with Crippen LogP contribution in [-0.2, 0) is 27.2 Å². The number of carbonyl (C=O) groups is 2. The van der Waals surface area contributed by atoms with E-state index in [0.29, 0.717) is 5.75 Å². The van der Waals surface area contributed by atoms with Crippen LogP contribution in [0.15, 0.2) is 48.5 Å². The van der Waals surface area contributed by atoms with Crippen LogP contribution >= 0.6 is 0 Å². The highest BCUT2D eigenvalue weighted by Gasteiger charge is 2.35. The second kappa shape index (κ2) is 9.75. The number of aromatic hydroxyl groups is 1. The number of ether oxygens (including phenoxy) is 2. The maximum Gasteiger partial charge on any atom is 0.328 e. The van der Waals surface area contributed by atoms with Crippen molar-refractivity contribution in [2.45, 2.75) is 32.2 Å². The Balaban J connectivity index is 2.11. The molecule has 0 fully saturated rings. The largest absolute Gasteiger partial charge is 0.504 e. The van der Waals surface area contributed by atoms with Crippen molar-refractivity contribution in [3.63, 3.8) is 0 Å². The van der Waals surface area contributed by atoms with Gasteiger partial charge in [0.25, 0.3) is 0 Å². The molecule has 2 aromatic rings. The number of benzene rings is 2. The van der Waals surface area contributed by atoms with Gasteiger partial charge in [0.2, 0.25) is 5.91 Å². The van der Waals surface area contributed by atoms with Crippen LogP contribution in [0.25, 0.3) is 0 Å². The van der Waals surface area contributed by atoms with Crippen LogP contribution in [-0.4, -0.2) is 36.2 Å². The number of carbonyl (C=O) groups excluding carboxylic acids is 2. The van der Waals surface area contributed by atoms with E-state index in [1.165, 1.54) is 13.2 Å². The van der Waals surface area contributed by atoms with E-state index in [4.69, 9.17) is 9.47 Å². The van der Waals surface area contributed by atoms with Gasteiger partial charge in [0.1, 0.15) is 5.54 Å². The number of amides is 1. The molecule has 0 bridgehead atoms. The average molecular weight is 386 g/mol. The van der Waals surface area contributed by atoms with E-state index in [2.05, 4.69) is 10.9 Å². The first kappa shape index (κ1) is 21.2. The first-order chi connectivity index (χ1) is 13.4. The Hall–Kier alpha value is -3.06. The van der Waals surface area contributed by atoms with Gasteiger partial charge in [-0.2, -0.15) is 0 Å². The summed E-state index contributed by atoms with van der Waals surface area (Å²) in [5, 5.41) is 9.75. The molecule has 0 saturated carbocycles. The number of methoxy groups -OCH3 is 1. The Morgan fingerprint density at radius 2 is 1.82 bits per heavy atom. The summed E-state index contributed by atoms with van der Waals surface area (Å²) in [5.41, 5.74) is 5.82. The fourth-order valence-corrected chi connectivity index (χ4v) is 2.73. The number of nitrogens with one attached hydrogen (secondary N) is 2. The highest BCUT2D eigenvalue weighted by atomic mass is 16.5. The van der Waals surface area contributed by atoms with E-state index >= 15 is 0 Å².